The van der Waals surface area contributed by atoms with Crippen LogP contribution in [-0.2, 0) is 19.6 Å². The lowest BCUT2D eigenvalue weighted by molar-refractivity contribution is -0.137. The maximum atomic E-state index is 12.3. The molecule has 0 amide bonds. The molecule has 2 rings (SSSR count). The Bertz CT molecular complexity index is 608. The molecule has 0 spiro atoms. The van der Waals surface area contributed by atoms with Crippen LogP contribution < -0.4 is 4.72 Å². The van der Waals surface area contributed by atoms with Gasteiger partial charge in [-0.3, -0.25) is 4.79 Å². The number of carboxylic acid groups (broad SMARTS) is 1. The van der Waals surface area contributed by atoms with Crippen LogP contribution >= 0.6 is 0 Å². The number of nitrogens with one attached hydrogen (secondary N) is 1. The van der Waals surface area contributed by atoms with Crippen molar-refractivity contribution in [3.8, 4) is 0 Å². The van der Waals surface area contributed by atoms with Gasteiger partial charge in [-0.25, -0.2) is 13.1 Å². The molecule has 0 aromatic heterocycles. The highest BCUT2D eigenvalue weighted by Gasteiger charge is 2.32. The number of benzene rings is 1. The Morgan fingerprint density at radius 3 is 2.86 bits per heavy atom. The minimum atomic E-state index is -3.60. The molecule has 1 saturated heterocycles. The Labute approximate surface area is 124 Å². The minimum Gasteiger partial charge on any atom is -0.481 e. The third-order valence-electron chi connectivity index (χ3n) is 3.46. The SMILES string of the molecule is Cc1cccc(C(CC(=O)O)NS(=O)(=O)C2CCOC2)c1. The average Bonchev–Trinajstić information content (AvgIpc) is 2.91. The average molecular weight is 313 g/mol. The van der Waals surface area contributed by atoms with Crippen molar-refractivity contribution in [2.75, 3.05) is 13.2 Å². The maximum Gasteiger partial charge on any atom is 0.305 e. The van der Waals surface area contributed by atoms with E-state index in [2.05, 4.69) is 4.72 Å². The van der Waals surface area contributed by atoms with Crippen LogP contribution in [0, 0.1) is 6.92 Å². The lowest BCUT2D eigenvalue weighted by Crippen LogP contribution is -2.38. The molecule has 1 fully saturated rings. The Morgan fingerprint density at radius 2 is 2.29 bits per heavy atom. The van der Waals surface area contributed by atoms with E-state index in [4.69, 9.17) is 9.84 Å². The molecule has 1 aromatic rings. The number of sulfonamides is 1. The van der Waals surface area contributed by atoms with E-state index >= 15 is 0 Å². The van der Waals surface area contributed by atoms with Gasteiger partial charge >= 0.3 is 5.97 Å². The molecule has 7 heteroatoms. The van der Waals surface area contributed by atoms with Crippen LogP contribution in [0.5, 0.6) is 0 Å². The van der Waals surface area contributed by atoms with E-state index in [0.29, 0.717) is 18.6 Å². The van der Waals surface area contributed by atoms with Gasteiger partial charge in [0.05, 0.1) is 19.1 Å². The number of carbonyl (C=O) groups is 1. The molecular weight excluding hydrogens is 294 g/mol. The molecule has 1 aromatic carbocycles. The van der Waals surface area contributed by atoms with Gasteiger partial charge in [-0.1, -0.05) is 29.8 Å². The van der Waals surface area contributed by atoms with Gasteiger partial charge < -0.3 is 9.84 Å². The molecule has 116 valence electrons. The molecule has 0 bridgehead atoms. The second-order valence-corrected chi connectivity index (χ2v) is 7.21. The van der Waals surface area contributed by atoms with E-state index in [9.17, 15) is 13.2 Å². The summed E-state index contributed by atoms with van der Waals surface area (Å²) in [6.45, 7) is 2.45. The summed E-state index contributed by atoms with van der Waals surface area (Å²) in [6.07, 6.45) is 0.138. The number of ether oxygens (including phenoxy) is 1. The maximum absolute atomic E-state index is 12.3. The number of aryl methyl sites for hydroxylation is 1. The van der Waals surface area contributed by atoms with E-state index in [1.54, 1.807) is 18.2 Å². The molecule has 0 saturated carbocycles. The first kappa shape index (κ1) is 15.9. The smallest absolute Gasteiger partial charge is 0.305 e. The fraction of sp³-hybridized carbons (Fsp3) is 0.500. The lowest BCUT2D eigenvalue weighted by atomic mass is 10.0. The van der Waals surface area contributed by atoms with E-state index < -0.39 is 27.3 Å². The minimum absolute atomic E-state index is 0.156. The molecule has 0 radical (unpaired) electrons. The topological polar surface area (TPSA) is 92.7 Å². The number of rotatable bonds is 6. The first-order valence-electron chi connectivity index (χ1n) is 6.76. The zero-order valence-electron chi connectivity index (χ0n) is 11.8. The summed E-state index contributed by atoms with van der Waals surface area (Å²) < 4.78 is 32.2. The Hall–Kier alpha value is -1.44. The Morgan fingerprint density at radius 1 is 1.52 bits per heavy atom. The summed E-state index contributed by atoms with van der Waals surface area (Å²) in [5, 5.41) is 8.40. The summed E-state index contributed by atoms with van der Waals surface area (Å²) in [4.78, 5) is 11.0. The summed E-state index contributed by atoms with van der Waals surface area (Å²) in [6, 6.07) is 6.41. The van der Waals surface area contributed by atoms with Crippen LogP contribution in [0.15, 0.2) is 24.3 Å². The predicted molar refractivity (Wildman–Crippen MR) is 77.5 cm³/mol. The van der Waals surface area contributed by atoms with Gasteiger partial charge in [0.25, 0.3) is 0 Å². The highest BCUT2D eigenvalue weighted by atomic mass is 32.2. The van der Waals surface area contributed by atoms with Crippen LogP contribution in [0.3, 0.4) is 0 Å². The van der Waals surface area contributed by atoms with Gasteiger partial charge in [0.1, 0.15) is 5.25 Å². The van der Waals surface area contributed by atoms with Gasteiger partial charge in [0, 0.05) is 6.61 Å². The number of aliphatic carboxylic acids is 1. The van der Waals surface area contributed by atoms with Gasteiger partial charge in [-0.05, 0) is 18.9 Å². The molecule has 21 heavy (non-hydrogen) atoms. The van der Waals surface area contributed by atoms with Gasteiger partial charge in [-0.2, -0.15) is 0 Å². The predicted octanol–water partition coefficient (Wildman–Crippen LogP) is 1.22. The fourth-order valence-corrected chi connectivity index (χ4v) is 3.83. The monoisotopic (exact) mass is 313 g/mol. The van der Waals surface area contributed by atoms with Crippen molar-refractivity contribution in [3.05, 3.63) is 35.4 Å². The van der Waals surface area contributed by atoms with Crippen LogP contribution in [0.1, 0.15) is 30.0 Å². The van der Waals surface area contributed by atoms with Crippen LogP contribution in [-0.4, -0.2) is 38.0 Å². The molecule has 0 aliphatic carbocycles. The summed E-state index contributed by atoms with van der Waals surface area (Å²) >= 11 is 0. The van der Waals surface area contributed by atoms with Crippen molar-refractivity contribution in [2.24, 2.45) is 0 Å². The Kier molecular flexibility index (Phi) is 4.97. The normalized spacial score (nSPS) is 20.3. The van der Waals surface area contributed by atoms with Gasteiger partial charge in [0.15, 0.2) is 0 Å². The molecule has 6 nitrogen and oxygen atoms in total. The zero-order chi connectivity index (χ0) is 15.5. The van der Waals surface area contributed by atoms with Crippen molar-refractivity contribution >= 4 is 16.0 Å². The molecule has 1 aliphatic rings. The lowest BCUT2D eigenvalue weighted by Gasteiger charge is -2.20. The third-order valence-corrected chi connectivity index (χ3v) is 5.32. The standard InChI is InChI=1S/C14H19NO5S/c1-10-3-2-4-11(7-10)13(8-14(16)17)15-21(18,19)12-5-6-20-9-12/h2-4,7,12-13,15H,5-6,8-9H2,1H3,(H,16,17). The molecule has 2 atom stereocenters. The van der Waals surface area contributed by atoms with Crippen molar-refractivity contribution in [3.63, 3.8) is 0 Å². The molecular formula is C14H19NO5S. The molecule has 2 N–H and O–H groups in total. The third kappa shape index (κ3) is 4.26. The summed E-state index contributed by atoms with van der Waals surface area (Å²) in [5.74, 6) is -1.05. The number of hydrogen-bond donors (Lipinski definition) is 2. The highest BCUT2D eigenvalue weighted by molar-refractivity contribution is 7.90. The first-order valence-corrected chi connectivity index (χ1v) is 8.30. The quantitative estimate of drug-likeness (QED) is 0.824. The highest BCUT2D eigenvalue weighted by Crippen LogP contribution is 2.22. The molecule has 1 heterocycles. The zero-order valence-corrected chi connectivity index (χ0v) is 12.6. The molecule has 1 aliphatic heterocycles. The van der Waals surface area contributed by atoms with E-state index in [1.165, 1.54) is 0 Å². The fourth-order valence-electron chi connectivity index (χ4n) is 2.34. The second-order valence-electron chi connectivity index (χ2n) is 5.21. The van der Waals surface area contributed by atoms with Crippen molar-refractivity contribution < 1.29 is 23.1 Å². The Balaban J connectivity index is 2.22. The van der Waals surface area contributed by atoms with Crippen molar-refractivity contribution in [1.82, 2.24) is 4.72 Å². The van der Waals surface area contributed by atoms with Gasteiger partial charge in [-0.15, -0.1) is 0 Å². The number of hydrogen-bond acceptors (Lipinski definition) is 4. The summed E-state index contributed by atoms with van der Waals surface area (Å²) in [7, 11) is -3.60. The number of carboxylic acids is 1. The summed E-state index contributed by atoms with van der Waals surface area (Å²) in [5.41, 5.74) is 1.60. The van der Waals surface area contributed by atoms with E-state index in [0.717, 1.165) is 5.56 Å². The van der Waals surface area contributed by atoms with Gasteiger partial charge in [0.2, 0.25) is 10.0 Å². The van der Waals surface area contributed by atoms with Crippen LogP contribution in [0.4, 0.5) is 0 Å². The van der Waals surface area contributed by atoms with Crippen molar-refractivity contribution in [1.29, 1.82) is 0 Å². The largest absolute Gasteiger partial charge is 0.481 e. The van der Waals surface area contributed by atoms with Crippen molar-refractivity contribution in [2.45, 2.75) is 31.1 Å². The second kappa shape index (κ2) is 6.55. The molecule has 2 unspecified atom stereocenters. The van der Waals surface area contributed by atoms with Crippen LogP contribution in [0.2, 0.25) is 0 Å². The van der Waals surface area contributed by atoms with E-state index in [-0.39, 0.29) is 13.0 Å². The van der Waals surface area contributed by atoms with E-state index in [1.807, 2.05) is 13.0 Å². The first-order chi connectivity index (χ1) is 9.88. The van der Waals surface area contributed by atoms with Crippen LogP contribution in [0.25, 0.3) is 0 Å².